The van der Waals surface area contributed by atoms with E-state index in [2.05, 4.69) is 235 Å². The Bertz CT molecular complexity index is 3580. The lowest BCUT2D eigenvalue weighted by atomic mass is 9.67. The summed E-state index contributed by atoms with van der Waals surface area (Å²) in [6.45, 7) is 0. The number of thiophene rings is 1. The van der Waals surface area contributed by atoms with Crippen LogP contribution in [-0.4, -0.2) is 0 Å². The summed E-state index contributed by atoms with van der Waals surface area (Å²) in [4.78, 5) is 2.51. The number of anilines is 2. The number of rotatable bonds is 6. The quantitative estimate of drug-likeness (QED) is 0.151. The van der Waals surface area contributed by atoms with Gasteiger partial charge in [-0.15, -0.1) is 11.3 Å². The smallest absolute Gasteiger partial charge is 0.0714 e. The molecule has 1 heterocycles. The second-order valence-electron chi connectivity index (χ2n) is 17.1. The van der Waals surface area contributed by atoms with Gasteiger partial charge in [0.25, 0.3) is 0 Å². The average molecular weight is 820 g/mol. The van der Waals surface area contributed by atoms with Crippen LogP contribution in [0.5, 0.6) is 0 Å². The van der Waals surface area contributed by atoms with Crippen LogP contribution in [-0.2, 0) is 5.41 Å². The fraction of sp³-hybridized carbons (Fsp3) is 0.0492. The van der Waals surface area contributed by atoms with Gasteiger partial charge in [-0.05, 0) is 109 Å². The highest BCUT2D eigenvalue weighted by Crippen LogP contribution is 2.60. The zero-order valence-electron chi connectivity index (χ0n) is 34.6. The maximum absolute atomic E-state index is 2.51. The Hall–Kier alpha value is -7.52. The van der Waals surface area contributed by atoms with Crippen molar-refractivity contribution in [3.05, 3.63) is 264 Å². The van der Waals surface area contributed by atoms with Gasteiger partial charge in [-0.3, -0.25) is 0 Å². The second-order valence-corrected chi connectivity index (χ2v) is 18.1. The molecule has 0 amide bonds. The van der Waals surface area contributed by atoms with E-state index < -0.39 is 5.41 Å². The van der Waals surface area contributed by atoms with Crippen LogP contribution < -0.4 is 4.90 Å². The molecular formula is C61H41NS. The van der Waals surface area contributed by atoms with Crippen LogP contribution in [0.3, 0.4) is 0 Å². The number of hydrogen-bond acceptors (Lipinski definition) is 2. The van der Waals surface area contributed by atoms with E-state index in [9.17, 15) is 0 Å². The Morgan fingerprint density at radius 1 is 0.444 bits per heavy atom. The molecule has 2 aliphatic rings. The standard InChI is InChI=1S/C61H41NS/c1-4-16-40(17-5-1)41-28-30-44(31-29-41)62(45-32-34-51-49-24-11-10-22-47(49)48-23-12-13-25-50(48)54(51)38-45)46-33-36-56-55(39-46)59-57(37-35-53-52-26-14-15-27-58(52)63-60(53)59)61(56,42-18-6-2-7-19-42)43-20-8-3-9-21-43/h1-28,30-39,41H,29H2. The van der Waals surface area contributed by atoms with Gasteiger partial charge < -0.3 is 4.90 Å². The third-order valence-electron chi connectivity index (χ3n) is 13.9. The Morgan fingerprint density at radius 3 is 1.62 bits per heavy atom. The SMILES string of the molecule is C1=CC(c2ccccc2)CC=C1N(c1ccc2c(c1)-c1c(ccc3c1sc1ccccc13)C2(c1ccccc1)c1ccccc1)c1ccc2c3ccccc3c3ccccc3c2c1. The monoisotopic (exact) mass is 819 g/mol. The molecule has 63 heavy (non-hydrogen) atoms. The van der Waals surface area contributed by atoms with Crippen molar-refractivity contribution in [2.24, 2.45) is 0 Å². The normalized spacial score (nSPS) is 15.2. The third-order valence-corrected chi connectivity index (χ3v) is 15.1. The maximum Gasteiger partial charge on any atom is 0.0714 e. The van der Waals surface area contributed by atoms with Gasteiger partial charge in [0, 0.05) is 48.7 Å². The molecule has 296 valence electrons. The first kappa shape index (κ1) is 36.2. The lowest BCUT2D eigenvalue weighted by Crippen LogP contribution is -2.28. The molecule has 2 aliphatic carbocycles. The molecule has 1 nitrogen and oxygen atoms in total. The summed E-state index contributed by atoms with van der Waals surface area (Å²) in [7, 11) is 0. The van der Waals surface area contributed by atoms with Gasteiger partial charge in [0.1, 0.15) is 0 Å². The topological polar surface area (TPSA) is 3.24 Å². The molecule has 0 spiro atoms. The van der Waals surface area contributed by atoms with E-state index in [-0.39, 0.29) is 0 Å². The van der Waals surface area contributed by atoms with Gasteiger partial charge in [0.05, 0.1) is 5.41 Å². The highest BCUT2D eigenvalue weighted by Gasteiger charge is 2.47. The van der Waals surface area contributed by atoms with E-state index in [1.807, 2.05) is 11.3 Å². The van der Waals surface area contributed by atoms with Crippen LogP contribution in [0.4, 0.5) is 11.4 Å². The Kier molecular flexibility index (Phi) is 8.19. The summed E-state index contributed by atoms with van der Waals surface area (Å²) in [5.74, 6) is 0.328. The predicted molar refractivity (Wildman–Crippen MR) is 269 cm³/mol. The summed E-state index contributed by atoms with van der Waals surface area (Å²) in [5, 5.41) is 10.3. The highest BCUT2D eigenvalue weighted by molar-refractivity contribution is 7.26. The first-order valence-corrected chi connectivity index (χ1v) is 22.8. The third kappa shape index (κ3) is 5.41. The molecule has 0 N–H and O–H groups in total. The summed E-state index contributed by atoms with van der Waals surface area (Å²) in [5.41, 5.74) is 12.2. The van der Waals surface area contributed by atoms with Crippen LogP contribution in [0.25, 0.3) is 63.6 Å². The number of nitrogens with zero attached hydrogens (tertiary/aromatic N) is 1. The summed E-state index contributed by atoms with van der Waals surface area (Å²) >= 11 is 1.93. The van der Waals surface area contributed by atoms with E-state index in [0.717, 1.165) is 17.8 Å². The Morgan fingerprint density at radius 2 is 0.968 bits per heavy atom. The van der Waals surface area contributed by atoms with Crippen LogP contribution in [0, 0.1) is 0 Å². The van der Waals surface area contributed by atoms with Crippen LogP contribution in [0.15, 0.2) is 236 Å². The molecular weight excluding hydrogens is 779 g/mol. The van der Waals surface area contributed by atoms with Crippen molar-refractivity contribution in [1.82, 2.24) is 0 Å². The fourth-order valence-electron chi connectivity index (χ4n) is 11.1. The molecule has 11 aromatic rings. The van der Waals surface area contributed by atoms with Crippen molar-refractivity contribution >= 4 is 75.2 Å². The molecule has 0 fully saturated rings. The second kappa shape index (κ2) is 14.3. The number of hydrogen-bond donors (Lipinski definition) is 0. The van der Waals surface area contributed by atoms with E-state index in [1.165, 1.54) is 97.1 Å². The average Bonchev–Trinajstić information content (AvgIpc) is 3.89. The van der Waals surface area contributed by atoms with E-state index in [4.69, 9.17) is 0 Å². The number of benzene rings is 10. The lowest BCUT2D eigenvalue weighted by molar-refractivity contribution is 0.769. The highest BCUT2D eigenvalue weighted by atomic mass is 32.1. The number of allylic oxidation sites excluding steroid dienone is 3. The van der Waals surface area contributed by atoms with Crippen LogP contribution in [0.1, 0.15) is 40.2 Å². The zero-order valence-corrected chi connectivity index (χ0v) is 35.4. The fourth-order valence-corrected chi connectivity index (χ4v) is 12.4. The molecule has 1 aromatic heterocycles. The van der Waals surface area contributed by atoms with Crippen molar-refractivity contribution < 1.29 is 0 Å². The molecule has 0 saturated heterocycles. The van der Waals surface area contributed by atoms with E-state index in [0.29, 0.717) is 5.92 Å². The molecule has 0 aliphatic heterocycles. The van der Waals surface area contributed by atoms with Gasteiger partial charge in [-0.1, -0.05) is 194 Å². The summed E-state index contributed by atoms with van der Waals surface area (Å²) in [6, 6.07) is 79.2. The lowest BCUT2D eigenvalue weighted by Gasteiger charge is -2.34. The summed E-state index contributed by atoms with van der Waals surface area (Å²) in [6.07, 6.45) is 8.13. The molecule has 10 aromatic carbocycles. The van der Waals surface area contributed by atoms with E-state index in [1.54, 1.807) is 0 Å². The first-order chi connectivity index (χ1) is 31.3. The van der Waals surface area contributed by atoms with Crippen LogP contribution in [0.2, 0.25) is 0 Å². The van der Waals surface area contributed by atoms with Gasteiger partial charge in [0.15, 0.2) is 0 Å². The molecule has 1 unspecified atom stereocenters. The molecule has 1 atom stereocenters. The summed E-state index contributed by atoms with van der Waals surface area (Å²) < 4.78 is 2.66. The van der Waals surface area contributed by atoms with Crippen molar-refractivity contribution in [3.8, 4) is 11.1 Å². The van der Waals surface area contributed by atoms with Gasteiger partial charge >= 0.3 is 0 Å². The molecule has 0 saturated carbocycles. The van der Waals surface area contributed by atoms with Crippen molar-refractivity contribution in [1.29, 1.82) is 0 Å². The van der Waals surface area contributed by atoms with Crippen molar-refractivity contribution in [2.45, 2.75) is 17.8 Å². The molecule has 0 radical (unpaired) electrons. The van der Waals surface area contributed by atoms with Crippen molar-refractivity contribution in [2.75, 3.05) is 4.90 Å². The van der Waals surface area contributed by atoms with Crippen molar-refractivity contribution in [3.63, 3.8) is 0 Å². The van der Waals surface area contributed by atoms with Gasteiger partial charge in [-0.2, -0.15) is 0 Å². The maximum atomic E-state index is 2.51. The minimum Gasteiger partial charge on any atom is -0.311 e. The number of fused-ring (bicyclic) bond motifs is 13. The molecule has 13 rings (SSSR count). The van der Waals surface area contributed by atoms with Crippen LogP contribution >= 0.6 is 11.3 Å². The minimum atomic E-state index is -0.503. The van der Waals surface area contributed by atoms with Gasteiger partial charge in [0.2, 0.25) is 0 Å². The zero-order chi connectivity index (χ0) is 41.5. The first-order valence-electron chi connectivity index (χ1n) is 22.0. The molecule has 0 bridgehead atoms. The van der Waals surface area contributed by atoms with Gasteiger partial charge in [-0.25, -0.2) is 0 Å². The predicted octanol–water partition coefficient (Wildman–Crippen LogP) is 16.6. The Labute approximate surface area is 371 Å². The Balaban J connectivity index is 1.09. The molecule has 2 heteroatoms. The minimum absolute atomic E-state index is 0.328. The van der Waals surface area contributed by atoms with E-state index >= 15 is 0 Å². The largest absolute Gasteiger partial charge is 0.311 e.